The van der Waals surface area contributed by atoms with E-state index in [2.05, 4.69) is 17.9 Å². The summed E-state index contributed by atoms with van der Waals surface area (Å²) in [5, 5.41) is 8.71. The van der Waals surface area contributed by atoms with Gasteiger partial charge >= 0.3 is 0 Å². The quantitative estimate of drug-likeness (QED) is 0.621. The van der Waals surface area contributed by atoms with E-state index in [1.165, 1.54) is 0 Å². The van der Waals surface area contributed by atoms with Crippen molar-refractivity contribution in [2.24, 2.45) is 11.7 Å². The average Bonchev–Trinajstić information content (AvgIpc) is 2.08. The smallest absolute Gasteiger partial charge is 0.0949 e. The van der Waals surface area contributed by atoms with Gasteiger partial charge in [0.15, 0.2) is 0 Å². The second-order valence-corrected chi connectivity index (χ2v) is 3.73. The summed E-state index contributed by atoms with van der Waals surface area (Å²) in [5.74, 6) is 0.604. The Morgan fingerprint density at radius 1 is 1.67 bits per heavy atom. The molecule has 2 N–H and O–H groups in total. The van der Waals surface area contributed by atoms with Gasteiger partial charge in [-0.15, -0.1) is 0 Å². The van der Waals surface area contributed by atoms with Crippen molar-refractivity contribution < 1.29 is 0 Å². The van der Waals surface area contributed by atoms with E-state index in [1.807, 2.05) is 6.92 Å². The minimum absolute atomic E-state index is 0.0172. The van der Waals surface area contributed by atoms with Crippen LogP contribution in [0.1, 0.15) is 20.3 Å². The molecule has 1 aliphatic heterocycles. The van der Waals surface area contributed by atoms with E-state index in [-0.39, 0.29) is 12.1 Å². The fourth-order valence-electron chi connectivity index (χ4n) is 1.56. The molecule has 0 bridgehead atoms. The average molecular weight is 167 g/mol. The van der Waals surface area contributed by atoms with Gasteiger partial charge in [-0.2, -0.15) is 5.26 Å². The number of likely N-dealkylation sites (tertiary alicyclic amines) is 1. The first-order chi connectivity index (χ1) is 5.65. The van der Waals surface area contributed by atoms with E-state index in [0.29, 0.717) is 5.92 Å². The number of nitrogens with zero attached hydrogens (tertiary/aromatic N) is 2. The molecule has 0 radical (unpaired) electrons. The molecule has 1 saturated heterocycles. The van der Waals surface area contributed by atoms with Crippen molar-refractivity contribution in [3.63, 3.8) is 0 Å². The summed E-state index contributed by atoms with van der Waals surface area (Å²) in [4.78, 5) is 2.16. The van der Waals surface area contributed by atoms with Crippen molar-refractivity contribution in [3.05, 3.63) is 0 Å². The fourth-order valence-corrected chi connectivity index (χ4v) is 1.56. The molecule has 1 heterocycles. The summed E-state index contributed by atoms with van der Waals surface area (Å²) in [6.45, 7) is 6.00. The molecule has 3 atom stereocenters. The molecule has 0 aromatic rings. The summed E-state index contributed by atoms with van der Waals surface area (Å²) < 4.78 is 0. The predicted octanol–water partition coefficient (Wildman–Crippen LogP) is 0.568. The molecule has 0 amide bonds. The Labute approximate surface area is 74.1 Å². The van der Waals surface area contributed by atoms with Gasteiger partial charge < -0.3 is 5.73 Å². The topological polar surface area (TPSA) is 53.0 Å². The number of piperidine rings is 1. The largest absolute Gasteiger partial charge is 0.326 e. The van der Waals surface area contributed by atoms with Crippen molar-refractivity contribution in [3.8, 4) is 6.07 Å². The highest BCUT2D eigenvalue weighted by Gasteiger charge is 2.25. The molecule has 3 nitrogen and oxygen atoms in total. The van der Waals surface area contributed by atoms with Crippen LogP contribution >= 0.6 is 0 Å². The van der Waals surface area contributed by atoms with Crippen LogP contribution in [-0.4, -0.2) is 30.1 Å². The molecule has 1 rings (SSSR count). The van der Waals surface area contributed by atoms with Crippen LogP contribution in [0.5, 0.6) is 0 Å². The second kappa shape index (κ2) is 3.88. The van der Waals surface area contributed by atoms with Crippen molar-refractivity contribution in [1.29, 1.82) is 5.26 Å². The molecule has 12 heavy (non-hydrogen) atoms. The van der Waals surface area contributed by atoms with Crippen LogP contribution in [0.2, 0.25) is 0 Å². The molecular weight excluding hydrogens is 150 g/mol. The predicted molar refractivity (Wildman–Crippen MR) is 48.4 cm³/mol. The zero-order valence-corrected chi connectivity index (χ0v) is 7.83. The van der Waals surface area contributed by atoms with Gasteiger partial charge in [0, 0.05) is 12.6 Å². The van der Waals surface area contributed by atoms with Gasteiger partial charge in [0.2, 0.25) is 0 Å². The molecule has 0 aromatic carbocycles. The number of nitriles is 1. The molecule has 0 aromatic heterocycles. The number of hydrogen-bond acceptors (Lipinski definition) is 3. The summed E-state index contributed by atoms with van der Waals surface area (Å²) >= 11 is 0. The van der Waals surface area contributed by atoms with E-state index < -0.39 is 0 Å². The Morgan fingerprint density at radius 2 is 2.33 bits per heavy atom. The SMILES string of the molecule is CC1CCN(C(C)C#N)CC1N. The lowest BCUT2D eigenvalue weighted by Gasteiger charge is -2.36. The maximum absolute atomic E-state index is 8.71. The third kappa shape index (κ3) is 1.96. The number of rotatable bonds is 1. The summed E-state index contributed by atoms with van der Waals surface area (Å²) in [5.41, 5.74) is 5.91. The third-order valence-electron chi connectivity index (χ3n) is 2.78. The van der Waals surface area contributed by atoms with Gasteiger partial charge in [0.1, 0.15) is 0 Å². The van der Waals surface area contributed by atoms with Crippen LogP contribution in [0.3, 0.4) is 0 Å². The Morgan fingerprint density at radius 3 is 2.83 bits per heavy atom. The van der Waals surface area contributed by atoms with Gasteiger partial charge in [-0.1, -0.05) is 6.92 Å². The normalized spacial score (nSPS) is 34.2. The van der Waals surface area contributed by atoms with Gasteiger partial charge in [-0.3, -0.25) is 4.90 Å². The van der Waals surface area contributed by atoms with E-state index in [0.717, 1.165) is 19.5 Å². The zero-order valence-electron chi connectivity index (χ0n) is 7.83. The van der Waals surface area contributed by atoms with Crippen LogP contribution in [0.25, 0.3) is 0 Å². The Hall–Kier alpha value is -0.590. The summed E-state index contributed by atoms with van der Waals surface area (Å²) in [7, 11) is 0. The van der Waals surface area contributed by atoms with Crippen LogP contribution in [0.4, 0.5) is 0 Å². The molecule has 1 fully saturated rings. The van der Waals surface area contributed by atoms with Gasteiger partial charge in [-0.25, -0.2) is 0 Å². The van der Waals surface area contributed by atoms with Crippen molar-refractivity contribution >= 4 is 0 Å². The molecule has 3 unspecified atom stereocenters. The van der Waals surface area contributed by atoms with E-state index >= 15 is 0 Å². The minimum Gasteiger partial charge on any atom is -0.326 e. The standard InChI is InChI=1S/C9H17N3/c1-7-3-4-12(6-9(7)11)8(2)5-10/h7-9H,3-4,6,11H2,1-2H3. The maximum atomic E-state index is 8.71. The highest BCUT2D eigenvalue weighted by Crippen LogP contribution is 2.16. The van der Waals surface area contributed by atoms with Crippen molar-refractivity contribution in [2.45, 2.75) is 32.4 Å². The lowest BCUT2D eigenvalue weighted by Crippen LogP contribution is -2.50. The Balaban J connectivity index is 2.46. The third-order valence-corrected chi connectivity index (χ3v) is 2.78. The first-order valence-corrected chi connectivity index (χ1v) is 4.54. The Kier molecular flexibility index (Phi) is 3.07. The number of nitrogens with two attached hydrogens (primary N) is 1. The molecule has 0 spiro atoms. The summed E-state index contributed by atoms with van der Waals surface area (Å²) in [6, 6.07) is 2.50. The summed E-state index contributed by atoms with van der Waals surface area (Å²) in [6.07, 6.45) is 1.12. The van der Waals surface area contributed by atoms with Gasteiger partial charge in [-0.05, 0) is 25.8 Å². The zero-order chi connectivity index (χ0) is 9.14. The van der Waals surface area contributed by atoms with Crippen LogP contribution in [-0.2, 0) is 0 Å². The van der Waals surface area contributed by atoms with Crippen molar-refractivity contribution in [2.75, 3.05) is 13.1 Å². The van der Waals surface area contributed by atoms with Crippen LogP contribution < -0.4 is 5.73 Å². The molecular formula is C9H17N3. The monoisotopic (exact) mass is 167 g/mol. The molecule has 0 aliphatic carbocycles. The lowest BCUT2D eigenvalue weighted by atomic mass is 9.93. The maximum Gasteiger partial charge on any atom is 0.0949 e. The fraction of sp³-hybridized carbons (Fsp3) is 0.889. The number of hydrogen-bond donors (Lipinski definition) is 1. The minimum atomic E-state index is 0.0172. The second-order valence-electron chi connectivity index (χ2n) is 3.73. The highest BCUT2D eigenvalue weighted by molar-refractivity contribution is 4.92. The van der Waals surface area contributed by atoms with Crippen molar-refractivity contribution in [1.82, 2.24) is 4.90 Å². The van der Waals surface area contributed by atoms with E-state index in [1.54, 1.807) is 0 Å². The van der Waals surface area contributed by atoms with E-state index in [4.69, 9.17) is 11.0 Å². The van der Waals surface area contributed by atoms with Crippen LogP contribution in [0, 0.1) is 17.2 Å². The van der Waals surface area contributed by atoms with Gasteiger partial charge in [0.25, 0.3) is 0 Å². The molecule has 1 aliphatic rings. The lowest BCUT2D eigenvalue weighted by molar-refractivity contribution is 0.151. The Bertz CT molecular complexity index is 185. The van der Waals surface area contributed by atoms with Crippen LogP contribution in [0.15, 0.2) is 0 Å². The molecule has 3 heteroatoms. The first kappa shape index (κ1) is 9.50. The first-order valence-electron chi connectivity index (χ1n) is 4.54. The molecule has 68 valence electrons. The highest BCUT2D eigenvalue weighted by atomic mass is 15.2. The van der Waals surface area contributed by atoms with E-state index in [9.17, 15) is 0 Å². The van der Waals surface area contributed by atoms with Gasteiger partial charge in [0.05, 0.1) is 12.1 Å². The molecule has 0 saturated carbocycles.